The molecule has 0 saturated heterocycles. The molecule has 2 bridgehead atoms. The summed E-state index contributed by atoms with van der Waals surface area (Å²) in [7, 11) is 0. The number of anilines is 1. The molecule has 1 heterocycles. The first-order valence-electron chi connectivity index (χ1n) is 9.00. The number of fused-ring (bicyclic) bond motifs is 7. The summed E-state index contributed by atoms with van der Waals surface area (Å²) in [5.41, 5.74) is 2.53. The number of carbonyl (C=O) groups is 1. The number of hydrogen-bond donors (Lipinski definition) is 1. The van der Waals surface area contributed by atoms with Gasteiger partial charge in [-0.25, -0.2) is 4.39 Å². The summed E-state index contributed by atoms with van der Waals surface area (Å²) >= 11 is 0. The number of carboxylic acid groups (broad SMARTS) is 1. The third kappa shape index (κ3) is 2.06. The van der Waals surface area contributed by atoms with Crippen LogP contribution in [0.4, 0.5) is 10.1 Å². The first kappa shape index (κ1) is 14.9. The van der Waals surface area contributed by atoms with Gasteiger partial charge in [0, 0.05) is 16.8 Å². The Labute approximate surface area is 145 Å². The van der Waals surface area contributed by atoms with Gasteiger partial charge in [0.2, 0.25) is 0 Å². The first-order chi connectivity index (χ1) is 12.1. The Kier molecular flexibility index (Phi) is 3.18. The molecule has 5 rings (SSSR count). The van der Waals surface area contributed by atoms with Crippen molar-refractivity contribution in [3.8, 4) is 0 Å². The van der Waals surface area contributed by atoms with Crippen LogP contribution in [0, 0.1) is 23.6 Å². The number of carbonyl (C=O) groups excluding carboxylic acids is 1. The van der Waals surface area contributed by atoms with Crippen LogP contribution in [-0.2, 0) is 0 Å². The zero-order valence-electron chi connectivity index (χ0n) is 13.7. The van der Waals surface area contributed by atoms with Crippen molar-refractivity contribution in [2.45, 2.75) is 31.2 Å². The number of benzene rings is 2. The van der Waals surface area contributed by atoms with Crippen molar-refractivity contribution in [1.29, 1.82) is 0 Å². The van der Waals surface area contributed by atoms with Crippen LogP contribution in [0.5, 0.6) is 0 Å². The van der Waals surface area contributed by atoms with Crippen molar-refractivity contribution in [3.63, 3.8) is 0 Å². The lowest BCUT2D eigenvalue weighted by molar-refractivity contribution is -0.254. The standard InChI is InChI=1S/C21H20FNO2/c22-16-7-2-1-4-13(16)20-18-12-9-8-11(10-12)17(18)14-5-3-6-15(21(24)25)19(14)23-20/h1-7,11-12,17-18,20,23H,8-10H2,(H,24,25)/p-1/t11-,12+,17+,18-,20+/m0/s1. The van der Waals surface area contributed by atoms with Crippen LogP contribution < -0.4 is 10.4 Å². The van der Waals surface area contributed by atoms with E-state index < -0.39 is 5.97 Å². The van der Waals surface area contributed by atoms with Gasteiger partial charge < -0.3 is 15.2 Å². The lowest BCUT2D eigenvalue weighted by atomic mass is 9.67. The smallest absolute Gasteiger partial charge is 0.128 e. The fourth-order valence-corrected chi connectivity index (χ4v) is 5.72. The van der Waals surface area contributed by atoms with Crippen LogP contribution in [0.3, 0.4) is 0 Å². The Bertz CT molecular complexity index is 865. The Morgan fingerprint density at radius 3 is 2.60 bits per heavy atom. The zero-order chi connectivity index (χ0) is 17.1. The second-order valence-electron chi connectivity index (χ2n) is 7.64. The van der Waals surface area contributed by atoms with E-state index in [-0.39, 0.29) is 17.4 Å². The fourth-order valence-electron chi connectivity index (χ4n) is 5.72. The van der Waals surface area contributed by atoms with E-state index in [1.165, 1.54) is 18.9 Å². The van der Waals surface area contributed by atoms with Gasteiger partial charge in [-0.05, 0) is 54.6 Å². The molecule has 2 saturated carbocycles. The van der Waals surface area contributed by atoms with Gasteiger partial charge in [0.05, 0.1) is 12.0 Å². The summed E-state index contributed by atoms with van der Waals surface area (Å²) in [5, 5.41) is 15.0. The SMILES string of the molecule is O=C([O-])c1cccc2c1N[C@H](c1ccccc1F)[C@H]1[C@@H]3CC[C@@H](C3)[C@H]21. The molecule has 128 valence electrons. The van der Waals surface area contributed by atoms with Crippen LogP contribution in [0.1, 0.15) is 52.7 Å². The van der Waals surface area contributed by atoms with Gasteiger partial charge in [-0.3, -0.25) is 0 Å². The molecule has 2 aromatic rings. The summed E-state index contributed by atoms with van der Waals surface area (Å²) < 4.78 is 14.5. The molecular formula is C21H19FNO2-. The minimum atomic E-state index is -1.18. The molecule has 0 unspecified atom stereocenters. The quantitative estimate of drug-likeness (QED) is 0.913. The van der Waals surface area contributed by atoms with Gasteiger partial charge in [0.15, 0.2) is 0 Å². The topological polar surface area (TPSA) is 52.2 Å². The van der Waals surface area contributed by atoms with Gasteiger partial charge in [-0.2, -0.15) is 0 Å². The molecule has 1 N–H and O–H groups in total. The fraction of sp³-hybridized carbons (Fsp3) is 0.381. The van der Waals surface area contributed by atoms with Gasteiger partial charge in [-0.1, -0.05) is 36.4 Å². The predicted molar refractivity (Wildman–Crippen MR) is 90.6 cm³/mol. The average molecular weight is 336 g/mol. The van der Waals surface area contributed by atoms with E-state index in [1.54, 1.807) is 18.2 Å². The molecule has 0 aromatic heterocycles. The zero-order valence-corrected chi connectivity index (χ0v) is 13.7. The van der Waals surface area contributed by atoms with E-state index >= 15 is 0 Å². The maximum Gasteiger partial charge on any atom is 0.128 e. The molecule has 3 nitrogen and oxygen atoms in total. The van der Waals surface area contributed by atoms with Crippen LogP contribution in [0.25, 0.3) is 0 Å². The Hall–Kier alpha value is -2.36. The maximum atomic E-state index is 14.5. The van der Waals surface area contributed by atoms with Crippen molar-refractivity contribution in [1.82, 2.24) is 0 Å². The predicted octanol–water partition coefficient (Wildman–Crippen LogP) is 3.49. The van der Waals surface area contributed by atoms with Crippen molar-refractivity contribution >= 4 is 11.7 Å². The normalized spacial score (nSPS) is 32.0. The average Bonchev–Trinajstić information content (AvgIpc) is 3.23. The monoisotopic (exact) mass is 336 g/mol. The summed E-state index contributed by atoms with van der Waals surface area (Å²) in [5.74, 6) is 0.363. The molecule has 2 aliphatic carbocycles. The number of hydrogen-bond acceptors (Lipinski definition) is 3. The van der Waals surface area contributed by atoms with E-state index in [9.17, 15) is 14.3 Å². The number of aromatic carboxylic acids is 1. The molecule has 0 spiro atoms. The summed E-state index contributed by atoms with van der Waals surface area (Å²) in [6.45, 7) is 0. The van der Waals surface area contributed by atoms with Crippen LogP contribution in [-0.4, -0.2) is 5.97 Å². The largest absolute Gasteiger partial charge is 0.545 e. The highest BCUT2D eigenvalue weighted by molar-refractivity contribution is 5.94. The maximum absolute atomic E-state index is 14.5. The number of rotatable bonds is 2. The van der Waals surface area contributed by atoms with Crippen molar-refractivity contribution in [2.24, 2.45) is 17.8 Å². The molecule has 3 aliphatic rings. The minimum Gasteiger partial charge on any atom is -0.545 e. The molecule has 0 amide bonds. The summed E-state index contributed by atoms with van der Waals surface area (Å²) in [6.07, 6.45) is 3.54. The van der Waals surface area contributed by atoms with E-state index in [2.05, 4.69) is 5.32 Å². The summed E-state index contributed by atoms with van der Waals surface area (Å²) in [4.78, 5) is 11.6. The second-order valence-corrected chi connectivity index (χ2v) is 7.64. The van der Waals surface area contributed by atoms with Gasteiger partial charge >= 0.3 is 0 Å². The van der Waals surface area contributed by atoms with E-state index in [1.807, 2.05) is 18.2 Å². The number of nitrogens with one attached hydrogen (secondary N) is 1. The third-order valence-corrected chi connectivity index (χ3v) is 6.58. The van der Waals surface area contributed by atoms with E-state index in [0.717, 1.165) is 12.0 Å². The molecule has 1 aliphatic heterocycles. The lowest BCUT2D eigenvalue weighted by Crippen LogP contribution is -2.37. The van der Waals surface area contributed by atoms with Gasteiger partial charge in [0.25, 0.3) is 0 Å². The molecular weight excluding hydrogens is 317 g/mol. The van der Waals surface area contributed by atoms with Crippen LogP contribution in [0.15, 0.2) is 42.5 Å². The van der Waals surface area contributed by atoms with E-state index in [4.69, 9.17) is 0 Å². The highest BCUT2D eigenvalue weighted by Gasteiger charge is 2.54. The van der Waals surface area contributed by atoms with E-state index in [0.29, 0.717) is 34.9 Å². The molecule has 2 aromatic carbocycles. The number of halogens is 1. The van der Waals surface area contributed by atoms with Gasteiger partial charge in [0.1, 0.15) is 5.82 Å². The van der Waals surface area contributed by atoms with Crippen molar-refractivity contribution < 1.29 is 14.3 Å². The number of carboxylic acids is 1. The molecule has 5 atom stereocenters. The highest BCUT2D eigenvalue weighted by Crippen LogP contribution is 2.64. The number of para-hydroxylation sites is 1. The van der Waals surface area contributed by atoms with Crippen LogP contribution in [0.2, 0.25) is 0 Å². The second kappa shape index (κ2) is 5.32. The molecule has 4 heteroatoms. The Balaban J connectivity index is 1.70. The van der Waals surface area contributed by atoms with Crippen molar-refractivity contribution in [2.75, 3.05) is 5.32 Å². The highest BCUT2D eigenvalue weighted by atomic mass is 19.1. The molecule has 2 fully saturated rings. The Morgan fingerprint density at radius 2 is 1.80 bits per heavy atom. The molecule has 25 heavy (non-hydrogen) atoms. The minimum absolute atomic E-state index is 0.181. The first-order valence-corrected chi connectivity index (χ1v) is 9.00. The lowest BCUT2D eigenvalue weighted by Gasteiger charge is -2.44. The summed E-state index contributed by atoms with van der Waals surface area (Å²) in [6, 6.07) is 12.1. The molecule has 0 radical (unpaired) electrons. The van der Waals surface area contributed by atoms with Crippen LogP contribution >= 0.6 is 0 Å². The third-order valence-electron chi connectivity index (χ3n) is 6.58. The van der Waals surface area contributed by atoms with Crippen molar-refractivity contribution in [3.05, 3.63) is 65.0 Å². The van der Waals surface area contributed by atoms with Gasteiger partial charge in [-0.15, -0.1) is 0 Å². The Morgan fingerprint density at radius 1 is 1.04 bits per heavy atom.